The Labute approximate surface area is 108 Å². The Morgan fingerprint density at radius 3 is 3.12 bits per heavy atom. The maximum atomic E-state index is 6.08. The van der Waals surface area contributed by atoms with Crippen molar-refractivity contribution in [2.45, 2.75) is 19.5 Å². The Kier molecular flexibility index (Phi) is 5.49. The highest BCUT2D eigenvalue weighted by Crippen LogP contribution is 2.16. The molecule has 16 heavy (non-hydrogen) atoms. The number of hydrogen-bond acceptors (Lipinski definition) is 3. The van der Waals surface area contributed by atoms with Crippen LogP contribution in [0.4, 0.5) is 0 Å². The molecule has 1 aliphatic rings. The number of hydrogen-bond donors (Lipinski definition) is 1. The molecule has 1 aliphatic heterocycles. The second kappa shape index (κ2) is 6.40. The van der Waals surface area contributed by atoms with Crippen LogP contribution < -0.4 is 5.32 Å². The Morgan fingerprint density at radius 2 is 2.44 bits per heavy atom. The van der Waals surface area contributed by atoms with Gasteiger partial charge in [0.15, 0.2) is 0 Å². The maximum absolute atomic E-state index is 6.08. The number of halogens is 2. The lowest BCUT2D eigenvalue weighted by Crippen LogP contribution is -2.48. The molecule has 5 heteroatoms. The fraction of sp³-hybridized carbons (Fsp3) is 0.545. The number of pyridine rings is 1. The molecule has 1 saturated heterocycles. The molecule has 0 aromatic carbocycles. The zero-order chi connectivity index (χ0) is 10.7. The molecule has 0 saturated carbocycles. The Bertz CT molecular complexity index is 333. The summed E-state index contributed by atoms with van der Waals surface area (Å²) in [6.45, 7) is 6.36. The average molecular weight is 262 g/mol. The molecular formula is C11H17Cl2N3. The van der Waals surface area contributed by atoms with Crippen molar-refractivity contribution in [2.24, 2.45) is 0 Å². The minimum atomic E-state index is 0. The predicted octanol–water partition coefficient (Wildman–Crippen LogP) is 1.95. The molecule has 2 heterocycles. The van der Waals surface area contributed by atoms with Gasteiger partial charge in [-0.15, -0.1) is 12.4 Å². The smallest absolute Gasteiger partial charge is 0.0634 e. The van der Waals surface area contributed by atoms with E-state index >= 15 is 0 Å². The first-order valence-electron chi connectivity index (χ1n) is 5.30. The first-order chi connectivity index (χ1) is 7.25. The fourth-order valence-corrected chi connectivity index (χ4v) is 2.11. The van der Waals surface area contributed by atoms with E-state index in [-0.39, 0.29) is 12.4 Å². The van der Waals surface area contributed by atoms with Gasteiger partial charge in [0, 0.05) is 44.6 Å². The molecule has 3 nitrogen and oxygen atoms in total. The largest absolute Gasteiger partial charge is 0.312 e. The average Bonchev–Trinajstić information content (AvgIpc) is 2.22. The quantitative estimate of drug-likeness (QED) is 0.883. The maximum Gasteiger partial charge on any atom is 0.0634 e. The predicted molar refractivity (Wildman–Crippen MR) is 69.2 cm³/mol. The van der Waals surface area contributed by atoms with E-state index in [0.29, 0.717) is 6.04 Å². The fourth-order valence-electron chi connectivity index (χ4n) is 1.93. The summed E-state index contributed by atoms with van der Waals surface area (Å²) in [6.07, 6.45) is 3.51. The van der Waals surface area contributed by atoms with Crippen LogP contribution in [-0.4, -0.2) is 35.6 Å². The summed E-state index contributed by atoms with van der Waals surface area (Å²) < 4.78 is 0. The molecule has 0 bridgehead atoms. The van der Waals surface area contributed by atoms with Crippen molar-refractivity contribution in [1.82, 2.24) is 15.2 Å². The highest BCUT2D eigenvalue weighted by Gasteiger charge is 2.16. The number of piperazine rings is 1. The molecule has 1 atom stereocenters. The first kappa shape index (κ1) is 13.7. The summed E-state index contributed by atoms with van der Waals surface area (Å²) in [5, 5.41) is 4.19. The van der Waals surface area contributed by atoms with Gasteiger partial charge in [0.2, 0.25) is 0 Å². The van der Waals surface area contributed by atoms with Crippen LogP contribution in [0.25, 0.3) is 0 Å². The molecule has 0 amide bonds. The third-order valence-corrected chi connectivity index (χ3v) is 3.04. The number of aromatic nitrogens is 1. The van der Waals surface area contributed by atoms with Crippen molar-refractivity contribution in [3.63, 3.8) is 0 Å². The van der Waals surface area contributed by atoms with Gasteiger partial charge in [-0.1, -0.05) is 11.6 Å². The Hall–Kier alpha value is -0.350. The molecular weight excluding hydrogens is 245 g/mol. The third-order valence-electron chi connectivity index (χ3n) is 2.70. The van der Waals surface area contributed by atoms with Crippen molar-refractivity contribution in [3.8, 4) is 0 Å². The van der Waals surface area contributed by atoms with Crippen LogP contribution in [0.5, 0.6) is 0 Å². The molecule has 0 spiro atoms. The third kappa shape index (κ3) is 3.59. The van der Waals surface area contributed by atoms with Gasteiger partial charge in [-0.2, -0.15) is 0 Å². The van der Waals surface area contributed by atoms with E-state index in [1.54, 1.807) is 12.4 Å². The molecule has 1 N–H and O–H groups in total. The number of nitrogens with one attached hydrogen (secondary N) is 1. The summed E-state index contributed by atoms with van der Waals surface area (Å²) in [4.78, 5) is 6.41. The van der Waals surface area contributed by atoms with Crippen LogP contribution in [-0.2, 0) is 6.54 Å². The molecule has 90 valence electrons. The molecule has 0 unspecified atom stereocenters. The Morgan fingerprint density at radius 1 is 1.62 bits per heavy atom. The van der Waals surface area contributed by atoms with Gasteiger partial charge in [0.1, 0.15) is 0 Å². The van der Waals surface area contributed by atoms with Crippen LogP contribution >= 0.6 is 24.0 Å². The lowest BCUT2D eigenvalue weighted by atomic mass is 10.2. The van der Waals surface area contributed by atoms with E-state index < -0.39 is 0 Å². The van der Waals surface area contributed by atoms with Crippen molar-refractivity contribution < 1.29 is 0 Å². The number of rotatable bonds is 2. The van der Waals surface area contributed by atoms with Gasteiger partial charge >= 0.3 is 0 Å². The van der Waals surface area contributed by atoms with Gasteiger partial charge in [-0.05, 0) is 18.6 Å². The summed E-state index contributed by atoms with van der Waals surface area (Å²) in [5.41, 5.74) is 1.17. The monoisotopic (exact) mass is 261 g/mol. The highest BCUT2D eigenvalue weighted by atomic mass is 35.5. The standard InChI is InChI=1S/C11H16ClN3.ClH/c1-9-7-15(5-4-14-9)8-10-2-3-13-6-11(10)12;/h2-3,6,9,14H,4-5,7-8H2,1H3;1H/t9-;/m1./s1. The second-order valence-electron chi connectivity index (χ2n) is 4.06. The van der Waals surface area contributed by atoms with Crippen molar-refractivity contribution >= 4 is 24.0 Å². The van der Waals surface area contributed by atoms with Crippen LogP contribution in [0, 0.1) is 0 Å². The van der Waals surface area contributed by atoms with E-state index in [0.717, 1.165) is 31.2 Å². The van der Waals surface area contributed by atoms with Gasteiger partial charge in [0.05, 0.1) is 5.02 Å². The van der Waals surface area contributed by atoms with E-state index in [1.807, 2.05) is 6.07 Å². The van der Waals surface area contributed by atoms with E-state index in [9.17, 15) is 0 Å². The zero-order valence-electron chi connectivity index (χ0n) is 9.32. The summed E-state index contributed by atoms with van der Waals surface area (Å²) in [5.74, 6) is 0. The SMILES string of the molecule is C[C@@H]1CN(Cc2ccncc2Cl)CCN1.Cl. The van der Waals surface area contributed by atoms with E-state index in [4.69, 9.17) is 11.6 Å². The van der Waals surface area contributed by atoms with Crippen molar-refractivity contribution in [2.75, 3.05) is 19.6 Å². The van der Waals surface area contributed by atoms with Gasteiger partial charge in [0.25, 0.3) is 0 Å². The van der Waals surface area contributed by atoms with E-state index in [2.05, 4.69) is 22.1 Å². The summed E-state index contributed by atoms with van der Waals surface area (Å²) >= 11 is 6.08. The van der Waals surface area contributed by atoms with Gasteiger partial charge in [-0.25, -0.2) is 0 Å². The van der Waals surface area contributed by atoms with E-state index in [1.165, 1.54) is 5.56 Å². The number of nitrogens with zero attached hydrogens (tertiary/aromatic N) is 2. The minimum absolute atomic E-state index is 0. The molecule has 1 fully saturated rings. The highest BCUT2D eigenvalue weighted by molar-refractivity contribution is 6.31. The molecule has 1 aromatic heterocycles. The first-order valence-corrected chi connectivity index (χ1v) is 5.67. The lowest BCUT2D eigenvalue weighted by molar-refractivity contribution is 0.199. The van der Waals surface area contributed by atoms with Gasteiger partial charge in [-0.3, -0.25) is 9.88 Å². The molecule has 1 aromatic rings. The topological polar surface area (TPSA) is 28.2 Å². The van der Waals surface area contributed by atoms with Crippen LogP contribution in [0.15, 0.2) is 18.5 Å². The molecule has 0 aliphatic carbocycles. The zero-order valence-corrected chi connectivity index (χ0v) is 10.9. The molecule has 0 radical (unpaired) electrons. The van der Waals surface area contributed by atoms with Crippen LogP contribution in [0.2, 0.25) is 5.02 Å². The van der Waals surface area contributed by atoms with Gasteiger partial charge < -0.3 is 5.32 Å². The van der Waals surface area contributed by atoms with Crippen molar-refractivity contribution in [1.29, 1.82) is 0 Å². The van der Waals surface area contributed by atoms with Crippen molar-refractivity contribution in [3.05, 3.63) is 29.0 Å². The van der Waals surface area contributed by atoms with Crippen LogP contribution in [0.1, 0.15) is 12.5 Å². The minimum Gasteiger partial charge on any atom is -0.312 e. The lowest BCUT2D eigenvalue weighted by Gasteiger charge is -2.31. The molecule has 2 rings (SSSR count). The Balaban J connectivity index is 0.00000128. The second-order valence-corrected chi connectivity index (χ2v) is 4.46. The van der Waals surface area contributed by atoms with Crippen LogP contribution in [0.3, 0.4) is 0 Å². The summed E-state index contributed by atoms with van der Waals surface area (Å²) in [7, 11) is 0. The summed E-state index contributed by atoms with van der Waals surface area (Å²) in [6, 6.07) is 2.56. The normalized spacial score (nSPS) is 21.5.